The van der Waals surface area contributed by atoms with Crippen LogP contribution >= 0.6 is 22.6 Å². The lowest BCUT2D eigenvalue weighted by atomic mass is 10.0. The van der Waals surface area contributed by atoms with Crippen LogP contribution in [-0.2, 0) is 0 Å². The lowest BCUT2D eigenvalue weighted by Crippen LogP contribution is -1.83. The average Bonchev–Trinajstić information content (AvgIpc) is 2.43. The molecule has 0 rings (SSSR count). The predicted molar refractivity (Wildman–Crippen MR) is 98.1 cm³/mol. The van der Waals surface area contributed by atoms with E-state index in [9.17, 15) is 0 Å². The van der Waals surface area contributed by atoms with Crippen molar-refractivity contribution in [2.45, 2.75) is 103 Å². The third kappa shape index (κ3) is 18.5. The van der Waals surface area contributed by atoms with Crippen LogP contribution in [0.5, 0.6) is 0 Å². The Hall–Kier alpha value is 0.470. The summed E-state index contributed by atoms with van der Waals surface area (Å²) in [5.74, 6) is 0. The van der Waals surface area contributed by atoms with Crippen molar-refractivity contribution in [2.24, 2.45) is 0 Å². The van der Waals surface area contributed by atoms with Gasteiger partial charge in [0.1, 0.15) is 0 Å². The van der Waals surface area contributed by atoms with Crippen molar-refractivity contribution in [1.29, 1.82) is 0 Å². The smallest absolute Gasteiger partial charge is 0.0274 e. The van der Waals surface area contributed by atoms with Gasteiger partial charge in [0.05, 0.1) is 0 Å². The predicted octanol–water partition coefficient (Wildman–Crippen LogP) is 7.81. The first-order valence-electron chi connectivity index (χ1n) is 8.67. The number of allylic oxidation sites excluding steroid dienone is 1. The molecule has 0 nitrogen and oxygen atoms in total. The van der Waals surface area contributed by atoms with Gasteiger partial charge in [-0.25, -0.2) is 0 Å². The SMILES string of the molecule is CCCCCCCCCCCCCCCC/C=C/I. The molecule has 0 aliphatic carbocycles. The molecular weight excluding hydrogens is 343 g/mol. The van der Waals surface area contributed by atoms with E-state index >= 15 is 0 Å². The molecule has 114 valence electrons. The van der Waals surface area contributed by atoms with E-state index in [0.717, 1.165) is 0 Å². The molecule has 0 fully saturated rings. The van der Waals surface area contributed by atoms with Crippen LogP contribution in [0.4, 0.5) is 0 Å². The minimum atomic E-state index is 1.28. The van der Waals surface area contributed by atoms with Crippen LogP contribution in [-0.4, -0.2) is 0 Å². The number of hydrogen-bond donors (Lipinski definition) is 0. The van der Waals surface area contributed by atoms with Crippen LogP contribution in [0.3, 0.4) is 0 Å². The van der Waals surface area contributed by atoms with Gasteiger partial charge in [-0.15, -0.1) is 0 Å². The van der Waals surface area contributed by atoms with Crippen molar-refractivity contribution >= 4 is 22.6 Å². The third-order valence-corrected chi connectivity index (χ3v) is 4.32. The van der Waals surface area contributed by atoms with Crippen LogP contribution < -0.4 is 0 Å². The molecule has 19 heavy (non-hydrogen) atoms. The van der Waals surface area contributed by atoms with Crippen molar-refractivity contribution in [1.82, 2.24) is 0 Å². The van der Waals surface area contributed by atoms with Gasteiger partial charge in [0, 0.05) is 0 Å². The molecule has 0 aliphatic heterocycles. The summed E-state index contributed by atoms with van der Waals surface area (Å²) in [6.45, 7) is 2.29. The van der Waals surface area contributed by atoms with Gasteiger partial charge in [0.15, 0.2) is 0 Å². The topological polar surface area (TPSA) is 0 Å². The van der Waals surface area contributed by atoms with E-state index in [2.05, 4.69) is 39.7 Å². The summed E-state index contributed by atoms with van der Waals surface area (Å²) in [5, 5.41) is 0. The summed E-state index contributed by atoms with van der Waals surface area (Å²) in [6.07, 6.45) is 23.9. The standard InChI is InChI=1S/C18H35I/c1-2-3-4-5-6-7-8-9-10-11-12-13-14-15-16-17-18-19/h17-18H,2-16H2,1H3/b18-17+. The average molecular weight is 378 g/mol. The summed E-state index contributed by atoms with van der Waals surface area (Å²) >= 11 is 2.31. The highest BCUT2D eigenvalue weighted by atomic mass is 127. The van der Waals surface area contributed by atoms with Crippen LogP contribution in [0.15, 0.2) is 10.2 Å². The molecule has 0 saturated heterocycles. The van der Waals surface area contributed by atoms with E-state index in [0.29, 0.717) is 0 Å². The van der Waals surface area contributed by atoms with Gasteiger partial charge in [0.25, 0.3) is 0 Å². The molecule has 0 bridgehead atoms. The summed E-state index contributed by atoms with van der Waals surface area (Å²) in [4.78, 5) is 0. The largest absolute Gasteiger partial charge is 0.0785 e. The van der Waals surface area contributed by atoms with E-state index in [4.69, 9.17) is 0 Å². The molecule has 0 N–H and O–H groups in total. The van der Waals surface area contributed by atoms with Gasteiger partial charge >= 0.3 is 0 Å². The highest BCUT2D eigenvalue weighted by Gasteiger charge is 1.93. The first kappa shape index (κ1) is 19.5. The van der Waals surface area contributed by atoms with Crippen molar-refractivity contribution in [3.05, 3.63) is 10.2 Å². The van der Waals surface area contributed by atoms with Crippen molar-refractivity contribution in [3.8, 4) is 0 Å². The van der Waals surface area contributed by atoms with Gasteiger partial charge in [-0.2, -0.15) is 0 Å². The molecular formula is C18H35I. The second-order valence-corrected chi connectivity index (χ2v) is 6.47. The van der Waals surface area contributed by atoms with Crippen molar-refractivity contribution < 1.29 is 0 Å². The Balaban J connectivity index is 2.91. The maximum atomic E-state index is 2.31. The Bertz CT molecular complexity index is 175. The maximum absolute atomic E-state index is 2.31. The molecule has 0 aromatic heterocycles. The number of hydrogen-bond acceptors (Lipinski definition) is 0. The van der Waals surface area contributed by atoms with Crippen molar-refractivity contribution in [2.75, 3.05) is 0 Å². The molecule has 1 heteroatoms. The second kappa shape index (κ2) is 18.5. The van der Waals surface area contributed by atoms with E-state index in [1.165, 1.54) is 96.3 Å². The van der Waals surface area contributed by atoms with E-state index < -0.39 is 0 Å². The molecule has 0 atom stereocenters. The number of rotatable bonds is 15. The first-order valence-corrected chi connectivity index (χ1v) is 9.91. The maximum Gasteiger partial charge on any atom is -0.0274 e. The molecule has 0 amide bonds. The van der Waals surface area contributed by atoms with E-state index in [1.807, 2.05) is 0 Å². The molecule has 0 unspecified atom stereocenters. The zero-order valence-electron chi connectivity index (χ0n) is 13.1. The quantitative estimate of drug-likeness (QED) is 0.201. The highest BCUT2D eigenvalue weighted by Crippen LogP contribution is 2.13. The van der Waals surface area contributed by atoms with Crippen LogP contribution in [0.2, 0.25) is 0 Å². The van der Waals surface area contributed by atoms with Crippen LogP contribution in [0.1, 0.15) is 103 Å². The van der Waals surface area contributed by atoms with E-state index in [-0.39, 0.29) is 0 Å². The molecule has 0 aromatic carbocycles. The fourth-order valence-electron chi connectivity index (χ4n) is 2.52. The Morgan fingerprint density at radius 1 is 0.579 bits per heavy atom. The van der Waals surface area contributed by atoms with Gasteiger partial charge in [-0.05, 0) is 16.9 Å². The lowest BCUT2D eigenvalue weighted by Gasteiger charge is -2.02. The normalized spacial score (nSPS) is 11.5. The summed E-state index contributed by atoms with van der Waals surface area (Å²) < 4.78 is 2.14. The molecule has 0 aliphatic rings. The fraction of sp³-hybridized carbons (Fsp3) is 0.889. The second-order valence-electron chi connectivity index (χ2n) is 5.75. The van der Waals surface area contributed by atoms with Gasteiger partial charge < -0.3 is 0 Å². The minimum Gasteiger partial charge on any atom is -0.0785 e. The molecule has 0 radical (unpaired) electrons. The minimum absolute atomic E-state index is 1.28. The summed E-state index contributed by atoms with van der Waals surface area (Å²) in [5.41, 5.74) is 0. The van der Waals surface area contributed by atoms with Crippen LogP contribution in [0, 0.1) is 0 Å². The third-order valence-electron chi connectivity index (χ3n) is 3.81. The fourth-order valence-corrected chi connectivity index (χ4v) is 2.88. The molecule has 0 heterocycles. The van der Waals surface area contributed by atoms with Gasteiger partial charge in [0.2, 0.25) is 0 Å². The van der Waals surface area contributed by atoms with Gasteiger partial charge in [-0.1, -0.05) is 119 Å². The Morgan fingerprint density at radius 3 is 1.32 bits per heavy atom. The van der Waals surface area contributed by atoms with Crippen molar-refractivity contribution in [3.63, 3.8) is 0 Å². The Morgan fingerprint density at radius 2 is 0.947 bits per heavy atom. The first-order chi connectivity index (χ1) is 9.41. The summed E-state index contributed by atoms with van der Waals surface area (Å²) in [6, 6.07) is 0. The zero-order chi connectivity index (χ0) is 14.0. The van der Waals surface area contributed by atoms with Crippen LogP contribution in [0.25, 0.3) is 0 Å². The summed E-state index contributed by atoms with van der Waals surface area (Å²) in [7, 11) is 0. The lowest BCUT2D eigenvalue weighted by molar-refractivity contribution is 0.536. The zero-order valence-corrected chi connectivity index (χ0v) is 15.3. The van der Waals surface area contributed by atoms with Gasteiger partial charge in [-0.3, -0.25) is 0 Å². The number of halogens is 1. The Labute approximate surface area is 136 Å². The molecule has 0 saturated carbocycles. The Kier molecular flexibility index (Phi) is 18.9. The highest BCUT2D eigenvalue weighted by molar-refractivity contribution is 14.1. The molecule has 0 spiro atoms. The monoisotopic (exact) mass is 378 g/mol. The van der Waals surface area contributed by atoms with E-state index in [1.54, 1.807) is 0 Å². The molecule has 0 aromatic rings. The number of unbranched alkanes of at least 4 members (excludes halogenated alkanes) is 14.